The topological polar surface area (TPSA) is 48.7 Å². The van der Waals surface area contributed by atoms with E-state index in [1.807, 2.05) is 24.3 Å². The fourth-order valence-electron chi connectivity index (χ4n) is 1.89. The zero-order valence-corrected chi connectivity index (χ0v) is 8.51. The third-order valence-electron chi connectivity index (χ3n) is 2.62. The molecule has 1 fully saturated rings. The van der Waals surface area contributed by atoms with Gasteiger partial charge < -0.3 is 13.9 Å². The summed E-state index contributed by atoms with van der Waals surface area (Å²) in [7, 11) is 0. The molecule has 1 aromatic carbocycles. The minimum atomic E-state index is -0.549. The van der Waals surface area contributed by atoms with Crippen LogP contribution in [0.25, 0.3) is 11.0 Å². The molecule has 2 aromatic rings. The molecule has 1 aliphatic rings. The summed E-state index contributed by atoms with van der Waals surface area (Å²) in [5.74, 6) is 0.466. The van der Waals surface area contributed by atoms with E-state index in [4.69, 9.17) is 13.9 Å². The molecule has 0 bridgehead atoms. The molecule has 0 radical (unpaired) electrons. The predicted molar refractivity (Wildman–Crippen MR) is 56.2 cm³/mol. The molecule has 0 aliphatic carbocycles. The molecule has 1 aliphatic heterocycles. The first-order valence-electron chi connectivity index (χ1n) is 5.10. The van der Waals surface area contributed by atoms with Crippen LogP contribution < -0.4 is 0 Å². The SMILES string of the molecule is O=Cc1c(C2OCCO2)oc2ccccc12. The quantitative estimate of drug-likeness (QED) is 0.725. The van der Waals surface area contributed by atoms with Crippen molar-refractivity contribution in [2.75, 3.05) is 13.2 Å². The van der Waals surface area contributed by atoms with Crippen LogP contribution in [0.15, 0.2) is 28.7 Å². The Bertz CT molecular complexity index is 523. The molecule has 0 N–H and O–H groups in total. The minimum Gasteiger partial charge on any atom is -0.455 e. The van der Waals surface area contributed by atoms with Gasteiger partial charge in [0.1, 0.15) is 5.58 Å². The third kappa shape index (κ3) is 1.35. The van der Waals surface area contributed by atoms with Crippen molar-refractivity contribution in [2.45, 2.75) is 6.29 Å². The van der Waals surface area contributed by atoms with Crippen LogP contribution in [0.5, 0.6) is 0 Å². The summed E-state index contributed by atoms with van der Waals surface area (Å²) in [4.78, 5) is 11.1. The Hall–Kier alpha value is -1.65. The maximum atomic E-state index is 11.1. The van der Waals surface area contributed by atoms with E-state index in [9.17, 15) is 4.79 Å². The number of rotatable bonds is 2. The molecule has 0 spiro atoms. The number of hydrogen-bond acceptors (Lipinski definition) is 4. The van der Waals surface area contributed by atoms with Gasteiger partial charge in [0.2, 0.25) is 6.29 Å². The number of ether oxygens (including phenoxy) is 2. The van der Waals surface area contributed by atoms with Gasteiger partial charge in [-0.15, -0.1) is 0 Å². The molecule has 1 aromatic heterocycles. The zero-order chi connectivity index (χ0) is 11.0. The largest absolute Gasteiger partial charge is 0.455 e. The Balaban J connectivity index is 2.19. The number of fused-ring (bicyclic) bond motifs is 1. The fourth-order valence-corrected chi connectivity index (χ4v) is 1.89. The van der Waals surface area contributed by atoms with E-state index < -0.39 is 6.29 Å². The van der Waals surface area contributed by atoms with Gasteiger partial charge >= 0.3 is 0 Å². The van der Waals surface area contributed by atoms with Crippen LogP contribution in [-0.2, 0) is 9.47 Å². The Morgan fingerprint density at radius 1 is 1.19 bits per heavy atom. The van der Waals surface area contributed by atoms with Crippen LogP contribution in [0, 0.1) is 0 Å². The normalized spacial score (nSPS) is 17.0. The summed E-state index contributed by atoms with van der Waals surface area (Å²) in [6.07, 6.45) is 0.235. The minimum absolute atomic E-state index is 0.466. The van der Waals surface area contributed by atoms with Gasteiger partial charge in [-0.05, 0) is 6.07 Å². The van der Waals surface area contributed by atoms with Crippen molar-refractivity contribution in [1.82, 2.24) is 0 Å². The van der Waals surface area contributed by atoms with Crippen LogP contribution in [0.3, 0.4) is 0 Å². The molecule has 16 heavy (non-hydrogen) atoms. The third-order valence-corrected chi connectivity index (χ3v) is 2.62. The number of para-hydroxylation sites is 1. The van der Waals surface area contributed by atoms with Crippen molar-refractivity contribution >= 4 is 17.3 Å². The molecule has 82 valence electrons. The lowest BCUT2D eigenvalue weighted by Gasteiger charge is -2.05. The summed E-state index contributed by atoms with van der Waals surface area (Å²) in [5, 5.41) is 0.798. The van der Waals surface area contributed by atoms with Gasteiger partial charge in [0, 0.05) is 5.39 Å². The Labute approximate surface area is 91.7 Å². The van der Waals surface area contributed by atoms with Crippen LogP contribution in [0.4, 0.5) is 0 Å². The lowest BCUT2D eigenvalue weighted by Crippen LogP contribution is -1.99. The molecular formula is C12H10O4. The number of hydrogen-bond donors (Lipinski definition) is 0. The van der Waals surface area contributed by atoms with E-state index in [1.54, 1.807) is 0 Å². The van der Waals surface area contributed by atoms with Crippen LogP contribution in [0.2, 0.25) is 0 Å². The summed E-state index contributed by atoms with van der Waals surface area (Å²) in [6.45, 7) is 1.06. The van der Waals surface area contributed by atoms with Gasteiger partial charge in [-0.2, -0.15) is 0 Å². The van der Waals surface area contributed by atoms with E-state index in [0.29, 0.717) is 30.1 Å². The molecule has 4 nitrogen and oxygen atoms in total. The van der Waals surface area contributed by atoms with Gasteiger partial charge in [0.05, 0.1) is 18.8 Å². The monoisotopic (exact) mass is 218 g/mol. The lowest BCUT2D eigenvalue weighted by atomic mass is 10.1. The smallest absolute Gasteiger partial charge is 0.218 e. The first-order valence-corrected chi connectivity index (χ1v) is 5.10. The highest BCUT2D eigenvalue weighted by atomic mass is 16.7. The number of aldehydes is 1. The van der Waals surface area contributed by atoms with Crippen molar-refractivity contribution in [3.05, 3.63) is 35.6 Å². The Kier molecular flexibility index (Phi) is 2.23. The van der Waals surface area contributed by atoms with E-state index in [0.717, 1.165) is 11.7 Å². The van der Waals surface area contributed by atoms with E-state index >= 15 is 0 Å². The molecular weight excluding hydrogens is 208 g/mol. The maximum Gasteiger partial charge on any atom is 0.218 e. The van der Waals surface area contributed by atoms with Gasteiger partial charge in [0.15, 0.2) is 12.0 Å². The molecule has 0 amide bonds. The highest BCUT2D eigenvalue weighted by molar-refractivity contribution is 5.97. The molecule has 4 heteroatoms. The van der Waals surface area contributed by atoms with Crippen LogP contribution in [-0.4, -0.2) is 19.5 Å². The molecule has 0 unspecified atom stereocenters. The van der Waals surface area contributed by atoms with Crippen molar-refractivity contribution in [3.63, 3.8) is 0 Å². The fraction of sp³-hybridized carbons (Fsp3) is 0.250. The van der Waals surface area contributed by atoms with Crippen molar-refractivity contribution in [1.29, 1.82) is 0 Å². The second-order valence-electron chi connectivity index (χ2n) is 3.57. The first kappa shape index (κ1) is 9.57. The van der Waals surface area contributed by atoms with Crippen molar-refractivity contribution in [3.8, 4) is 0 Å². The molecule has 1 saturated heterocycles. The van der Waals surface area contributed by atoms with Crippen LogP contribution in [0.1, 0.15) is 22.4 Å². The number of benzene rings is 1. The number of carbonyl (C=O) groups excluding carboxylic acids is 1. The first-order chi connectivity index (χ1) is 7.90. The van der Waals surface area contributed by atoms with Gasteiger partial charge in [-0.3, -0.25) is 4.79 Å². The van der Waals surface area contributed by atoms with Crippen molar-refractivity contribution in [2.24, 2.45) is 0 Å². The maximum absolute atomic E-state index is 11.1. The van der Waals surface area contributed by atoms with Gasteiger partial charge in [-0.25, -0.2) is 0 Å². The second-order valence-corrected chi connectivity index (χ2v) is 3.57. The summed E-state index contributed by atoms with van der Waals surface area (Å²) in [5.41, 5.74) is 1.20. The summed E-state index contributed by atoms with van der Waals surface area (Å²) in [6, 6.07) is 7.40. The average Bonchev–Trinajstić information content (AvgIpc) is 2.95. The average molecular weight is 218 g/mol. The molecule has 3 rings (SSSR count). The zero-order valence-electron chi connectivity index (χ0n) is 8.51. The molecule has 0 atom stereocenters. The highest BCUT2D eigenvalue weighted by Gasteiger charge is 2.26. The number of carbonyl (C=O) groups is 1. The van der Waals surface area contributed by atoms with Crippen molar-refractivity contribution < 1.29 is 18.7 Å². The van der Waals surface area contributed by atoms with Gasteiger partial charge in [-0.1, -0.05) is 18.2 Å². The Morgan fingerprint density at radius 2 is 1.94 bits per heavy atom. The van der Waals surface area contributed by atoms with E-state index in [-0.39, 0.29) is 0 Å². The summed E-state index contributed by atoms with van der Waals surface area (Å²) >= 11 is 0. The molecule has 2 heterocycles. The van der Waals surface area contributed by atoms with E-state index in [2.05, 4.69) is 0 Å². The predicted octanol–water partition coefficient (Wildman–Crippen LogP) is 2.29. The lowest BCUT2D eigenvalue weighted by molar-refractivity contribution is -0.0583. The van der Waals surface area contributed by atoms with Crippen LogP contribution >= 0.6 is 0 Å². The Morgan fingerprint density at radius 3 is 2.69 bits per heavy atom. The summed E-state index contributed by atoms with van der Waals surface area (Å²) < 4.78 is 16.3. The standard InChI is InChI=1S/C12H10O4/c13-7-9-8-3-1-2-4-10(8)16-11(9)12-14-5-6-15-12/h1-4,7,12H,5-6H2. The van der Waals surface area contributed by atoms with E-state index in [1.165, 1.54) is 0 Å². The van der Waals surface area contributed by atoms with Gasteiger partial charge in [0.25, 0.3) is 0 Å². The highest BCUT2D eigenvalue weighted by Crippen LogP contribution is 2.32. The number of furan rings is 1. The second kappa shape index (κ2) is 3.73. The molecule has 0 saturated carbocycles.